The number of benzene rings is 1. The molecule has 0 unspecified atom stereocenters. The van der Waals surface area contributed by atoms with E-state index in [1.54, 1.807) is 6.07 Å². The van der Waals surface area contributed by atoms with Gasteiger partial charge in [-0.1, -0.05) is 44.4 Å². The fourth-order valence-electron chi connectivity index (χ4n) is 1.94. The molecule has 0 saturated carbocycles. The van der Waals surface area contributed by atoms with Crippen molar-refractivity contribution >= 4 is 11.6 Å². The van der Waals surface area contributed by atoms with Crippen molar-refractivity contribution in [1.82, 2.24) is 0 Å². The van der Waals surface area contributed by atoms with E-state index in [1.165, 1.54) is 24.3 Å². The first-order valence-corrected chi connectivity index (χ1v) is 7.03. The molecule has 22 heavy (non-hydrogen) atoms. The highest BCUT2D eigenvalue weighted by Gasteiger charge is 2.64. The van der Waals surface area contributed by atoms with Crippen molar-refractivity contribution in [2.45, 2.75) is 44.7 Å². The van der Waals surface area contributed by atoms with Crippen LogP contribution in [0.15, 0.2) is 30.3 Å². The van der Waals surface area contributed by atoms with Crippen LogP contribution in [-0.4, -0.2) is 24.6 Å². The molecule has 0 radical (unpaired) electrons. The molecule has 0 aromatic heterocycles. The van der Waals surface area contributed by atoms with Gasteiger partial charge >= 0.3 is 18.0 Å². The lowest BCUT2D eigenvalue weighted by Gasteiger charge is -2.28. The molecule has 124 valence electrons. The Hall–Kier alpha value is -1.66. The molecule has 0 aliphatic carbocycles. The van der Waals surface area contributed by atoms with Crippen LogP contribution in [0, 0.1) is 0 Å². The van der Waals surface area contributed by atoms with Crippen molar-refractivity contribution in [3.63, 3.8) is 0 Å². The third-order valence-corrected chi connectivity index (χ3v) is 3.17. The van der Waals surface area contributed by atoms with Crippen molar-refractivity contribution in [2.24, 2.45) is 0 Å². The summed E-state index contributed by atoms with van der Waals surface area (Å²) < 4.78 is 63.9. The van der Waals surface area contributed by atoms with E-state index in [9.17, 15) is 26.7 Å². The molecule has 2 nitrogen and oxygen atoms in total. The van der Waals surface area contributed by atoms with Gasteiger partial charge < -0.3 is 4.90 Å². The van der Waals surface area contributed by atoms with Crippen LogP contribution in [0.4, 0.5) is 27.6 Å². The number of para-hydroxylation sites is 1. The van der Waals surface area contributed by atoms with Crippen LogP contribution in [-0.2, 0) is 4.79 Å². The van der Waals surface area contributed by atoms with Gasteiger partial charge in [0.2, 0.25) is 0 Å². The summed E-state index contributed by atoms with van der Waals surface area (Å²) in [6, 6.07) is 7.22. The molecule has 0 spiro atoms. The Labute approximate surface area is 125 Å². The lowest BCUT2D eigenvalue weighted by atomic mass is 10.1. The maximum absolute atomic E-state index is 13.3. The Morgan fingerprint density at radius 3 is 2.09 bits per heavy atom. The third-order valence-electron chi connectivity index (χ3n) is 3.17. The zero-order valence-corrected chi connectivity index (χ0v) is 12.2. The first kappa shape index (κ1) is 18.4. The predicted molar refractivity (Wildman–Crippen MR) is 73.9 cm³/mol. The quantitative estimate of drug-likeness (QED) is 0.521. The fourth-order valence-corrected chi connectivity index (χ4v) is 1.94. The molecule has 1 rings (SSSR count). The van der Waals surface area contributed by atoms with Crippen LogP contribution in [0.3, 0.4) is 0 Å². The van der Waals surface area contributed by atoms with E-state index < -0.39 is 18.0 Å². The van der Waals surface area contributed by atoms with Gasteiger partial charge in [-0.3, -0.25) is 4.79 Å². The van der Waals surface area contributed by atoms with Crippen LogP contribution in [0.5, 0.6) is 0 Å². The van der Waals surface area contributed by atoms with E-state index in [4.69, 9.17) is 0 Å². The molecule has 0 N–H and O–H groups in total. The minimum atomic E-state index is -5.90. The average Bonchev–Trinajstić information content (AvgIpc) is 2.46. The largest absolute Gasteiger partial charge is 0.463 e. The Morgan fingerprint density at radius 1 is 1.00 bits per heavy atom. The molecule has 0 saturated heterocycles. The Morgan fingerprint density at radius 2 is 1.59 bits per heavy atom. The molecule has 0 aliphatic rings. The number of nitrogens with zero attached hydrogens (tertiary/aromatic N) is 1. The van der Waals surface area contributed by atoms with Crippen LogP contribution in [0.1, 0.15) is 32.6 Å². The Kier molecular flexibility index (Phi) is 6.32. The van der Waals surface area contributed by atoms with Gasteiger partial charge in [-0.25, -0.2) is 0 Å². The van der Waals surface area contributed by atoms with Crippen molar-refractivity contribution in [1.29, 1.82) is 0 Å². The Bertz CT molecular complexity index is 473. The maximum Gasteiger partial charge on any atom is 0.463 e. The van der Waals surface area contributed by atoms with Crippen molar-refractivity contribution in [3.05, 3.63) is 30.3 Å². The van der Waals surface area contributed by atoms with Gasteiger partial charge in [0.05, 0.1) is 0 Å². The zero-order chi connectivity index (χ0) is 16.8. The van der Waals surface area contributed by atoms with Gasteiger partial charge in [-0.15, -0.1) is 0 Å². The molecule has 0 bridgehead atoms. The highest BCUT2D eigenvalue weighted by atomic mass is 19.4. The summed E-state index contributed by atoms with van der Waals surface area (Å²) in [5.41, 5.74) is 0.0351. The zero-order valence-electron chi connectivity index (χ0n) is 12.2. The summed E-state index contributed by atoms with van der Waals surface area (Å²) in [5, 5.41) is 0. The van der Waals surface area contributed by atoms with Gasteiger partial charge in [0.25, 0.3) is 0 Å². The smallest absolute Gasteiger partial charge is 0.307 e. The summed E-state index contributed by atoms with van der Waals surface area (Å²) >= 11 is 0. The van der Waals surface area contributed by atoms with Crippen molar-refractivity contribution in [2.75, 3.05) is 11.4 Å². The van der Waals surface area contributed by atoms with Crippen molar-refractivity contribution in [3.8, 4) is 0 Å². The molecule has 0 atom stereocenters. The van der Waals surface area contributed by atoms with Gasteiger partial charge in [0.1, 0.15) is 0 Å². The topological polar surface area (TPSA) is 20.3 Å². The number of carbonyl (C=O) groups excluding carboxylic acids is 1. The number of rotatable bonds is 7. The number of carbonyl (C=O) groups is 1. The van der Waals surface area contributed by atoms with Crippen LogP contribution in [0.2, 0.25) is 0 Å². The second-order valence-corrected chi connectivity index (χ2v) is 4.93. The first-order valence-electron chi connectivity index (χ1n) is 7.03. The van der Waals surface area contributed by atoms with Gasteiger partial charge in [-0.2, -0.15) is 22.0 Å². The SMILES string of the molecule is CCCCCCN(C(=O)C(F)(F)C(F)(F)F)c1ccccc1. The normalized spacial score (nSPS) is 12.3. The molecule has 0 aliphatic heterocycles. The summed E-state index contributed by atoms with van der Waals surface area (Å²) in [4.78, 5) is 12.2. The van der Waals surface area contributed by atoms with Gasteiger partial charge in [0, 0.05) is 12.2 Å². The second kappa shape index (κ2) is 7.56. The monoisotopic (exact) mass is 323 g/mol. The first-order chi connectivity index (χ1) is 10.2. The van der Waals surface area contributed by atoms with E-state index >= 15 is 0 Å². The van der Waals surface area contributed by atoms with Crippen molar-refractivity contribution < 1.29 is 26.7 Å². The van der Waals surface area contributed by atoms with E-state index in [-0.39, 0.29) is 12.2 Å². The number of unbranched alkanes of at least 4 members (excludes halogenated alkanes) is 3. The summed E-state index contributed by atoms with van der Waals surface area (Å²) in [6.45, 7) is 1.77. The number of alkyl halides is 5. The molecular formula is C15H18F5NO. The fraction of sp³-hybridized carbons (Fsp3) is 0.533. The minimum absolute atomic E-state index is 0.0351. The lowest BCUT2D eigenvalue weighted by Crippen LogP contribution is -2.52. The Balaban J connectivity index is 2.97. The summed E-state index contributed by atoms with van der Waals surface area (Å²) in [6.07, 6.45) is -3.17. The van der Waals surface area contributed by atoms with Gasteiger partial charge in [-0.05, 0) is 18.6 Å². The van der Waals surface area contributed by atoms with Crippen LogP contribution in [0.25, 0.3) is 0 Å². The average molecular weight is 323 g/mol. The molecular weight excluding hydrogens is 305 g/mol. The second-order valence-electron chi connectivity index (χ2n) is 4.93. The van der Waals surface area contributed by atoms with Crippen LogP contribution >= 0.6 is 0 Å². The van der Waals surface area contributed by atoms with E-state index in [0.717, 1.165) is 12.8 Å². The molecule has 7 heteroatoms. The van der Waals surface area contributed by atoms with E-state index in [1.807, 2.05) is 6.92 Å². The lowest BCUT2D eigenvalue weighted by molar-refractivity contribution is -0.268. The number of halogens is 5. The molecule has 0 fully saturated rings. The molecule has 0 heterocycles. The highest BCUT2D eigenvalue weighted by molar-refractivity contribution is 5.98. The number of hydrogen-bond acceptors (Lipinski definition) is 1. The maximum atomic E-state index is 13.3. The van der Waals surface area contributed by atoms with Crippen LogP contribution < -0.4 is 4.90 Å². The molecule has 1 aromatic rings. The van der Waals surface area contributed by atoms with E-state index in [0.29, 0.717) is 17.7 Å². The predicted octanol–water partition coefficient (Wildman–Crippen LogP) is 4.80. The third kappa shape index (κ3) is 4.42. The molecule has 1 amide bonds. The summed E-state index contributed by atoms with van der Waals surface area (Å²) in [5.74, 6) is -7.63. The number of hydrogen-bond donors (Lipinski definition) is 0. The minimum Gasteiger partial charge on any atom is -0.307 e. The molecule has 1 aromatic carbocycles. The number of anilines is 1. The van der Waals surface area contributed by atoms with E-state index in [2.05, 4.69) is 0 Å². The number of amides is 1. The highest BCUT2D eigenvalue weighted by Crippen LogP contribution is 2.38. The van der Waals surface area contributed by atoms with Gasteiger partial charge in [0.15, 0.2) is 0 Å². The standard InChI is InChI=1S/C15H18F5NO/c1-2-3-4-8-11-21(12-9-6-5-7-10-12)13(22)14(16,17)15(18,19)20/h5-7,9-10H,2-4,8,11H2,1H3. The summed E-state index contributed by atoms with van der Waals surface area (Å²) in [7, 11) is 0.